The van der Waals surface area contributed by atoms with Crippen LogP contribution in [0.5, 0.6) is 0 Å². The lowest BCUT2D eigenvalue weighted by Crippen LogP contribution is -1.89. The second-order valence-electron chi connectivity index (χ2n) is 4.65. The summed E-state index contributed by atoms with van der Waals surface area (Å²) in [6.45, 7) is -0.770. The molecule has 0 heterocycles. The monoisotopic (exact) mass is 246 g/mol. The van der Waals surface area contributed by atoms with Gasteiger partial charge in [-0.05, 0) is 13.2 Å². The van der Waals surface area contributed by atoms with Gasteiger partial charge in [0.2, 0.25) is 0 Å². The van der Waals surface area contributed by atoms with Crippen molar-refractivity contribution in [3.63, 3.8) is 0 Å². The van der Waals surface area contributed by atoms with Gasteiger partial charge in [0.1, 0.15) is 5.78 Å². The second kappa shape index (κ2) is 13.7. The first-order chi connectivity index (χ1) is 10.6. The Morgan fingerprint density at radius 1 is 0.882 bits per heavy atom. The van der Waals surface area contributed by atoms with Crippen molar-refractivity contribution in [2.45, 2.75) is 97.2 Å². The number of ketones is 1. The van der Waals surface area contributed by atoms with Crippen molar-refractivity contribution in [3.8, 4) is 0 Å². The highest BCUT2D eigenvalue weighted by Crippen LogP contribution is 2.12. The predicted octanol–water partition coefficient (Wildman–Crippen LogP) is 5.67. The van der Waals surface area contributed by atoms with Crippen molar-refractivity contribution in [2.75, 3.05) is 0 Å². The Bertz CT molecular complexity index is 327. The van der Waals surface area contributed by atoms with Gasteiger partial charge in [-0.1, -0.05) is 77.6 Å². The molecule has 0 aromatic heterocycles. The first kappa shape index (κ1) is 8.72. The van der Waals surface area contributed by atoms with E-state index < -0.39 is 25.4 Å². The van der Waals surface area contributed by atoms with Crippen molar-refractivity contribution in [1.29, 1.82) is 0 Å². The van der Waals surface area contributed by atoms with Crippen molar-refractivity contribution in [1.82, 2.24) is 0 Å². The summed E-state index contributed by atoms with van der Waals surface area (Å²) < 4.78 is 43.9. The van der Waals surface area contributed by atoms with Crippen LogP contribution >= 0.6 is 0 Å². The SMILES string of the molecule is [2H]C(CCCCCCCCCCCC)C([2H])([2H])C(=O)C([2H])([2H])[2H]. The van der Waals surface area contributed by atoms with Crippen LogP contribution in [0.3, 0.4) is 0 Å². The molecular formula is C16H32O. The number of rotatable bonds is 13. The van der Waals surface area contributed by atoms with Crippen molar-refractivity contribution < 1.29 is 13.0 Å². The van der Waals surface area contributed by atoms with Gasteiger partial charge in [-0.15, -0.1) is 0 Å². The minimum absolute atomic E-state index is 0.227. The van der Waals surface area contributed by atoms with Crippen LogP contribution in [0.25, 0.3) is 0 Å². The van der Waals surface area contributed by atoms with Gasteiger partial charge in [-0.2, -0.15) is 0 Å². The summed E-state index contributed by atoms with van der Waals surface area (Å²) in [5.41, 5.74) is 0. The molecule has 102 valence electrons. The second-order valence-corrected chi connectivity index (χ2v) is 4.65. The van der Waals surface area contributed by atoms with Crippen LogP contribution in [0, 0.1) is 0 Å². The van der Waals surface area contributed by atoms with Gasteiger partial charge in [-0.3, -0.25) is 0 Å². The molecular weight excluding hydrogens is 208 g/mol. The van der Waals surface area contributed by atoms with Gasteiger partial charge in [0.25, 0.3) is 0 Å². The molecule has 0 aliphatic rings. The Morgan fingerprint density at radius 2 is 1.35 bits per heavy atom. The van der Waals surface area contributed by atoms with E-state index in [4.69, 9.17) is 8.22 Å². The maximum Gasteiger partial charge on any atom is 0.129 e. The Morgan fingerprint density at radius 3 is 1.82 bits per heavy atom. The van der Waals surface area contributed by atoms with Gasteiger partial charge in [0.15, 0.2) is 0 Å². The minimum atomic E-state index is -2.97. The molecule has 0 N–H and O–H groups in total. The fourth-order valence-electron chi connectivity index (χ4n) is 1.90. The molecule has 0 amide bonds. The quantitative estimate of drug-likeness (QED) is 0.383. The van der Waals surface area contributed by atoms with Gasteiger partial charge < -0.3 is 4.79 Å². The van der Waals surface area contributed by atoms with Crippen LogP contribution in [-0.4, -0.2) is 5.78 Å². The normalized spacial score (nSPS) is 19.4. The number of unbranched alkanes of at least 4 members (excludes halogenated alkanes) is 9. The zero-order chi connectivity index (χ0) is 17.9. The molecule has 0 saturated carbocycles. The third-order valence-electron chi connectivity index (χ3n) is 2.94. The fourth-order valence-corrected chi connectivity index (χ4v) is 1.90. The molecule has 0 spiro atoms. The maximum absolute atomic E-state index is 11.6. The summed E-state index contributed by atoms with van der Waals surface area (Å²) in [5, 5.41) is 0. The third-order valence-corrected chi connectivity index (χ3v) is 2.94. The van der Waals surface area contributed by atoms with Crippen LogP contribution in [-0.2, 0) is 4.79 Å². The highest BCUT2D eigenvalue weighted by molar-refractivity contribution is 5.75. The molecule has 0 aliphatic carbocycles. The lowest BCUT2D eigenvalue weighted by atomic mass is 10.0. The molecule has 0 fully saturated rings. The number of carbonyl (C=O) groups is 1. The lowest BCUT2D eigenvalue weighted by Gasteiger charge is -2.02. The van der Waals surface area contributed by atoms with Crippen molar-refractivity contribution in [3.05, 3.63) is 0 Å². The molecule has 0 radical (unpaired) electrons. The summed E-state index contributed by atoms with van der Waals surface area (Å²) in [6, 6.07) is 0. The Kier molecular flexibility index (Phi) is 7.04. The van der Waals surface area contributed by atoms with Crippen LogP contribution in [0.4, 0.5) is 0 Å². The molecule has 0 aliphatic heterocycles. The summed E-state index contributed by atoms with van der Waals surface area (Å²) in [7, 11) is 0. The van der Waals surface area contributed by atoms with Crippen molar-refractivity contribution >= 4 is 5.78 Å². The Balaban J connectivity index is 3.78. The number of carbonyl (C=O) groups excluding carboxylic acids is 1. The van der Waals surface area contributed by atoms with Gasteiger partial charge in [0, 0.05) is 14.6 Å². The Hall–Kier alpha value is -0.330. The molecule has 0 bridgehead atoms. The van der Waals surface area contributed by atoms with Crippen LogP contribution in [0.1, 0.15) is 105 Å². The van der Waals surface area contributed by atoms with E-state index in [1.165, 1.54) is 38.5 Å². The largest absolute Gasteiger partial charge is 0.300 e. The number of hydrogen-bond donors (Lipinski definition) is 0. The van der Waals surface area contributed by atoms with Gasteiger partial charge in [-0.25, -0.2) is 0 Å². The highest BCUT2D eigenvalue weighted by Gasteiger charge is 1.95. The molecule has 0 aromatic rings. The lowest BCUT2D eigenvalue weighted by molar-refractivity contribution is -0.117. The summed E-state index contributed by atoms with van der Waals surface area (Å²) in [4.78, 5) is 11.6. The molecule has 1 heteroatoms. The van der Waals surface area contributed by atoms with E-state index in [2.05, 4.69) is 6.92 Å². The number of Topliss-reactive ketones (excluding diaryl/α,β-unsaturated/α-hetero) is 1. The smallest absolute Gasteiger partial charge is 0.129 e. The summed E-state index contributed by atoms with van der Waals surface area (Å²) in [5.74, 6) is -1.45. The molecule has 1 atom stereocenters. The van der Waals surface area contributed by atoms with E-state index in [9.17, 15) is 4.79 Å². The standard InChI is InChI=1S/C16H32O/c1-3-4-5-6-7-8-9-10-11-12-13-14-15-16(2)17/h3-15H2,1-2H3/i2D3,14D,15D2. The average Bonchev–Trinajstić information content (AvgIpc) is 2.47. The van der Waals surface area contributed by atoms with Gasteiger partial charge >= 0.3 is 0 Å². The van der Waals surface area contributed by atoms with Crippen LogP contribution in [0.15, 0.2) is 0 Å². The van der Waals surface area contributed by atoms with E-state index >= 15 is 0 Å². The third kappa shape index (κ3) is 15.7. The summed E-state index contributed by atoms with van der Waals surface area (Å²) in [6.07, 6.45) is 7.74. The first-order valence-corrected chi connectivity index (χ1v) is 7.11. The van der Waals surface area contributed by atoms with E-state index in [-0.39, 0.29) is 6.42 Å². The fraction of sp³-hybridized carbons (Fsp3) is 0.938. The zero-order valence-corrected chi connectivity index (χ0v) is 11.3. The molecule has 1 unspecified atom stereocenters. The Labute approximate surface area is 117 Å². The molecule has 17 heavy (non-hydrogen) atoms. The van der Waals surface area contributed by atoms with E-state index in [1.807, 2.05) is 0 Å². The van der Waals surface area contributed by atoms with Gasteiger partial charge in [0.05, 0.1) is 0 Å². The molecule has 0 rings (SSSR count). The molecule has 1 nitrogen and oxygen atoms in total. The topological polar surface area (TPSA) is 17.1 Å². The highest BCUT2D eigenvalue weighted by atomic mass is 16.1. The van der Waals surface area contributed by atoms with E-state index in [0.717, 1.165) is 19.3 Å². The first-order valence-electron chi connectivity index (χ1n) is 10.2. The van der Waals surface area contributed by atoms with Crippen molar-refractivity contribution in [2.24, 2.45) is 0 Å². The molecule has 0 saturated heterocycles. The molecule has 0 aromatic carbocycles. The maximum atomic E-state index is 11.6. The predicted molar refractivity (Wildman–Crippen MR) is 76.4 cm³/mol. The minimum Gasteiger partial charge on any atom is -0.300 e. The van der Waals surface area contributed by atoms with E-state index in [0.29, 0.717) is 6.42 Å². The van der Waals surface area contributed by atoms with Crippen LogP contribution < -0.4 is 0 Å². The van der Waals surface area contributed by atoms with Crippen LogP contribution in [0.2, 0.25) is 0 Å². The average molecular weight is 246 g/mol. The zero-order valence-electron chi connectivity index (χ0n) is 17.3. The summed E-state index contributed by atoms with van der Waals surface area (Å²) >= 11 is 0. The number of hydrogen-bond acceptors (Lipinski definition) is 1. The van der Waals surface area contributed by atoms with E-state index in [1.54, 1.807) is 0 Å².